The highest BCUT2D eigenvalue weighted by atomic mass is 35.5. The summed E-state index contributed by atoms with van der Waals surface area (Å²) in [6.45, 7) is 1.39. The SMILES string of the molecule is Cc1cc(C(F)(F)F)cc(NC(=CN)C(=O)N(C)c2ccc(F)c(Cl)c2)n1. The molecule has 0 spiro atoms. The van der Waals surface area contributed by atoms with Crippen LogP contribution >= 0.6 is 11.6 Å². The van der Waals surface area contributed by atoms with Gasteiger partial charge in [0.2, 0.25) is 0 Å². The smallest absolute Gasteiger partial charge is 0.403 e. The average molecular weight is 403 g/mol. The van der Waals surface area contributed by atoms with Gasteiger partial charge in [-0.05, 0) is 37.3 Å². The minimum Gasteiger partial charge on any atom is -0.403 e. The summed E-state index contributed by atoms with van der Waals surface area (Å²) in [6.07, 6.45) is -3.66. The van der Waals surface area contributed by atoms with Crippen molar-refractivity contribution in [3.63, 3.8) is 0 Å². The topological polar surface area (TPSA) is 71.2 Å². The van der Waals surface area contributed by atoms with Crippen molar-refractivity contribution in [2.24, 2.45) is 5.73 Å². The Labute approximate surface area is 157 Å². The van der Waals surface area contributed by atoms with E-state index in [1.165, 1.54) is 26.1 Å². The van der Waals surface area contributed by atoms with Crippen LogP contribution in [0.25, 0.3) is 0 Å². The van der Waals surface area contributed by atoms with E-state index in [2.05, 4.69) is 10.3 Å². The van der Waals surface area contributed by atoms with Gasteiger partial charge in [-0.15, -0.1) is 0 Å². The molecule has 0 radical (unpaired) electrons. The molecule has 10 heteroatoms. The molecule has 0 saturated heterocycles. The van der Waals surface area contributed by atoms with E-state index < -0.39 is 23.5 Å². The van der Waals surface area contributed by atoms with E-state index >= 15 is 0 Å². The molecule has 2 rings (SSSR count). The summed E-state index contributed by atoms with van der Waals surface area (Å²) >= 11 is 5.70. The molecule has 5 nitrogen and oxygen atoms in total. The number of aromatic nitrogens is 1. The number of halogens is 5. The summed E-state index contributed by atoms with van der Waals surface area (Å²) < 4.78 is 52.1. The van der Waals surface area contributed by atoms with Crippen LogP contribution in [-0.2, 0) is 11.0 Å². The zero-order valence-corrected chi connectivity index (χ0v) is 15.0. The maximum Gasteiger partial charge on any atom is 0.416 e. The zero-order chi connectivity index (χ0) is 20.4. The van der Waals surface area contributed by atoms with Crippen molar-refractivity contribution in [2.75, 3.05) is 17.3 Å². The monoisotopic (exact) mass is 402 g/mol. The summed E-state index contributed by atoms with van der Waals surface area (Å²) in [6, 6.07) is 5.28. The standard InChI is InChI=1S/C17H15ClF4N4O/c1-9-5-10(17(20,21)22)6-15(24-9)25-14(8-23)16(27)26(2)11-3-4-13(19)12(18)7-11/h3-8H,23H2,1-2H3,(H,24,25). The molecule has 27 heavy (non-hydrogen) atoms. The largest absolute Gasteiger partial charge is 0.416 e. The van der Waals surface area contributed by atoms with Gasteiger partial charge in [0.1, 0.15) is 17.3 Å². The maximum atomic E-state index is 13.3. The molecule has 0 bridgehead atoms. The second kappa shape index (κ2) is 7.83. The fourth-order valence-electron chi connectivity index (χ4n) is 2.19. The summed E-state index contributed by atoms with van der Waals surface area (Å²) in [5, 5.41) is 2.30. The predicted octanol–water partition coefficient (Wildman–Crippen LogP) is 4.08. The fourth-order valence-corrected chi connectivity index (χ4v) is 2.37. The molecule has 2 aromatic rings. The summed E-state index contributed by atoms with van der Waals surface area (Å²) in [4.78, 5) is 17.6. The minimum absolute atomic E-state index is 0.106. The molecule has 144 valence electrons. The van der Waals surface area contributed by atoms with Crippen molar-refractivity contribution >= 4 is 29.0 Å². The highest BCUT2D eigenvalue weighted by Crippen LogP contribution is 2.31. The van der Waals surface area contributed by atoms with E-state index in [1.807, 2.05) is 0 Å². The number of amides is 1. The Morgan fingerprint density at radius 3 is 2.52 bits per heavy atom. The number of anilines is 2. The van der Waals surface area contributed by atoms with Crippen LogP contribution < -0.4 is 16.0 Å². The molecule has 0 aliphatic heterocycles. The Kier molecular flexibility index (Phi) is 5.94. The van der Waals surface area contributed by atoms with Gasteiger partial charge in [-0.2, -0.15) is 13.2 Å². The molecule has 0 aliphatic carbocycles. The van der Waals surface area contributed by atoms with Gasteiger partial charge in [-0.1, -0.05) is 11.6 Å². The van der Waals surface area contributed by atoms with Crippen molar-refractivity contribution in [3.8, 4) is 0 Å². The first-order valence-electron chi connectivity index (χ1n) is 7.51. The number of pyridine rings is 1. The van der Waals surface area contributed by atoms with E-state index in [0.717, 1.165) is 29.3 Å². The number of benzene rings is 1. The van der Waals surface area contributed by atoms with Gasteiger partial charge in [0.15, 0.2) is 0 Å². The van der Waals surface area contributed by atoms with Gasteiger partial charge in [-0.25, -0.2) is 9.37 Å². The normalized spacial score (nSPS) is 12.0. The van der Waals surface area contributed by atoms with Gasteiger partial charge >= 0.3 is 6.18 Å². The van der Waals surface area contributed by atoms with Crippen LogP contribution in [0.15, 0.2) is 42.2 Å². The summed E-state index contributed by atoms with van der Waals surface area (Å²) in [7, 11) is 1.38. The van der Waals surface area contributed by atoms with Crippen LogP contribution in [0.4, 0.5) is 29.1 Å². The quantitative estimate of drug-likeness (QED) is 0.597. The molecular formula is C17H15ClF4N4O. The first kappa shape index (κ1) is 20.5. The first-order valence-corrected chi connectivity index (χ1v) is 7.88. The molecule has 0 unspecified atom stereocenters. The van der Waals surface area contributed by atoms with Crippen molar-refractivity contribution in [1.29, 1.82) is 0 Å². The maximum absolute atomic E-state index is 13.3. The third-order valence-corrected chi connectivity index (χ3v) is 3.83. The summed E-state index contributed by atoms with van der Waals surface area (Å²) in [5.41, 5.74) is 4.68. The van der Waals surface area contributed by atoms with E-state index in [4.69, 9.17) is 17.3 Å². The molecule has 1 aromatic heterocycles. The van der Waals surface area contributed by atoms with Gasteiger partial charge in [-0.3, -0.25) is 4.79 Å². The molecular weight excluding hydrogens is 388 g/mol. The number of nitrogens with zero attached hydrogens (tertiary/aromatic N) is 2. The van der Waals surface area contributed by atoms with Crippen LogP contribution in [0.3, 0.4) is 0 Å². The van der Waals surface area contributed by atoms with Crippen molar-refractivity contribution in [2.45, 2.75) is 13.1 Å². The molecule has 1 aromatic carbocycles. The highest BCUT2D eigenvalue weighted by Gasteiger charge is 2.31. The average Bonchev–Trinajstić information content (AvgIpc) is 2.59. The van der Waals surface area contributed by atoms with Gasteiger partial charge in [0.25, 0.3) is 5.91 Å². The third-order valence-electron chi connectivity index (χ3n) is 3.54. The fraction of sp³-hybridized carbons (Fsp3) is 0.176. The molecule has 0 fully saturated rings. The number of alkyl halides is 3. The van der Waals surface area contributed by atoms with Crippen LogP contribution in [-0.4, -0.2) is 17.9 Å². The Morgan fingerprint density at radius 2 is 1.96 bits per heavy atom. The second-order valence-electron chi connectivity index (χ2n) is 5.55. The number of aryl methyl sites for hydroxylation is 1. The minimum atomic E-state index is -4.57. The Hall–Kier alpha value is -2.81. The number of likely N-dealkylation sites (N-methyl/N-ethyl adjacent to an activating group) is 1. The Morgan fingerprint density at radius 1 is 1.30 bits per heavy atom. The van der Waals surface area contributed by atoms with Crippen molar-refractivity contribution < 1.29 is 22.4 Å². The van der Waals surface area contributed by atoms with Crippen molar-refractivity contribution in [3.05, 3.63) is 64.3 Å². The number of carbonyl (C=O) groups excluding carboxylic acids is 1. The Bertz CT molecular complexity index is 899. The van der Waals surface area contributed by atoms with Crippen LogP contribution in [0.2, 0.25) is 5.02 Å². The Balaban J connectivity index is 2.28. The lowest BCUT2D eigenvalue weighted by Gasteiger charge is -2.20. The van der Waals surface area contributed by atoms with Gasteiger partial charge < -0.3 is 16.0 Å². The van der Waals surface area contributed by atoms with Crippen LogP contribution in [0, 0.1) is 12.7 Å². The number of hydrogen-bond donors (Lipinski definition) is 2. The lowest BCUT2D eigenvalue weighted by Crippen LogP contribution is -2.31. The van der Waals surface area contributed by atoms with E-state index in [-0.39, 0.29) is 27.9 Å². The first-order chi connectivity index (χ1) is 12.5. The number of carbonyl (C=O) groups is 1. The molecule has 0 atom stereocenters. The molecule has 0 aliphatic rings. The second-order valence-corrected chi connectivity index (χ2v) is 5.96. The lowest BCUT2D eigenvalue weighted by molar-refractivity contribution is -0.137. The zero-order valence-electron chi connectivity index (χ0n) is 14.2. The molecule has 0 saturated carbocycles. The van der Waals surface area contributed by atoms with Crippen molar-refractivity contribution in [1.82, 2.24) is 4.98 Å². The third kappa shape index (κ3) is 4.88. The predicted molar refractivity (Wildman–Crippen MR) is 94.7 cm³/mol. The van der Waals surface area contributed by atoms with E-state index in [9.17, 15) is 22.4 Å². The van der Waals surface area contributed by atoms with E-state index in [0.29, 0.717) is 0 Å². The van der Waals surface area contributed by atoms with Gasteiger partial charge in [0, 0.05) is 24.6 Å². The number of nitrogens with two attached hydrogens (primary N) is 1. The number of hydrogen-bond acceptors (Lipinski definition) is 4. The molecule has 1 amide bonds. The summed E-state index contributed by atoms with van der Waals surface area (Å²) in [5.74, 6) is -1.53. The number of nitrogens with one attached hydrogen (secondary N) is 1. The van der Waals surface area contributed by atoms with Crippen LogP contribution in [0.1, 0.15) is 11.3 Å². The molecule has 1 heterocycles. The molecule has 3 N–H and O–H groups in total. The van der Waals surface area contributed by atoms with Gasteiger partial charge in [0.05, 0.1) is 10.6 Å². The number of rotatable bonds is 4. The van der Waals surface area contributed by atoms with E-state index in [1.54, 1.807) is 0 Å². The van der Waals surface area contributed by atoms with Crippen LogP contribution in [0.5, 0.6) is 0 Å². The highest BCUT2D eigenvalue weighted by molar-refractivity contribution is 6.31. The lowest BCUT2D eigenvalue weighted by atomic mass is 10.2.